The average molecular weight is 304 g/mol. The summed E-state index contributed by atoms with van der Waals surface area (Å²) in [6, 6.07) is 0.435. The van der Waals surface area contributed by atoms with Crippen LogP contribution >= 0.6 is 11.5 Å². The Morgan fingerprint density at radius 1 is 1.53 bits per heavy atom. The van der Waals surface area contributed by atoms with E-state index in [0.717, 1.165) is 31.6 Å². The Morgan fingerprint density at radius 3 is 3.05 bits per heavy atom. The average Bonchev–Trinajstić information content (AvgIpc) is 2.82. The molecule has 0 aliphatic carbocycles. The van der Waals surface area contributed by atoms with E-state index < -0.39 is 10.0 Å². The van der Waals surface area contributed by atoms with E-state index in [1.807, 2.05) is 5.38 Å². The molecule has 0 bridgehead atoms. The van der Waals surface area contributed by atoms with Crippen molar-refractivity contribution in [1.29, 1.82) is 0 Å². The second kappa shape index (κ2) is 6.74. The van der Waals surface area contributed by atoms with Crippen LogP contribution in [0, 0.1) is 0 Å². The molecule has 0 radical (unpaired) electrons. The van der Waals surface area contributed by atoms with Crippen molar-refractivity contribution in [2.75, 3.05) is 19.3 Å². The van der Waals surface area contributed by atoms with Gasteiger partial charge >= 0.3 is 0 Å². The third kappa shape index (κ3) is 5.13. The molecule has 1 aromatic heterocycles. The highest BCUT2D eigenvalue weighted by Crippen LogP contribution is 2.21. The van der Waals surface area contributed by atoms with Crippen LogP contribution in [0.5, 0.6) is 0 Å². The lowest BCUT2D eigenvalue weighted by molar-refractivity contribution is 0.131. The first-order chi connectivity index (χ1) is 9.04. The predicted octanol–water partition coefficient (Wildman–Crippen LogP) is 0.832. The van der Waals surface area contributed by atoms with Gasteiger partial charge in [0.15, 0.2) is 0 Å². The van der Waals surface area contributed by atoms with E-state index in [4.69, 9.17) is 0 Å². The van der Waals surface area contributed by atoms with Crippen LogP contribution in [-0.4, -0.2) is 48.3 Å². The molecular weight excluding hydrogens is 284 g/mol. The lowest BCUT2D eigenvalue weighted by atomic mass is 9.99. The molecule has 1 saturated heterocycles. The summed E-state index contributed by atoms with van der Waals surface area (Å²) < 4.78 is 28.6. The van der Waals surface area contributed by atoms with E-state index in [9.17, 15) is 8.42 Å². The lowest BCUT2D eigenvalue weighted by Crippen LogP contribution is -2.41. The van der Waals surface area contributed by atoms with E-state index in [1.54, 1.807) is 0 Å². The minimum absolute atomic E-state index is 0.435. The molecule has 0 spiro atoms. The molecule has 108 valence electrons. The predicted molar refractivity (Wildman–Crippen MR) is 75.4 cm³/mol. The largest absolute Gasteiger partial charge is 0.294 e. The molecule has 19 heavy (non-hydrogen) atoms. The molecule has 0 amide bonds. The molecular formula is C11H20N4O2S2. The summed E-state index contributed by atoms with van der Waals surface area (Å²) in [6.45, 7) is 2.39. The van der Waals surface area contributed by atoms with Crippen molar-refractivity contribution in [2.24, 2.45) is 0 Å². The number of hydrogen-bond acceptors (Lipinski definition) is 6. The molecule has 1 aliphatic rings. The molecule has 1 N–H and O–H groups in total. The summed E-state index contributed by atoms with van der Waals surface area (Å²) in [4.78, 5) is 2.39. The molecule has 2 rings (SSSR count). The first kappa shape index (κ1) is 14.8. The number of sulfonamides is 1. The topological polar surface area (TPSA) is 75.2 Å². The summed E-state index contributed by atoms with van der Waals surface area (Å²) in [6.07, 6.45) is 5.60. The quantitative estimate of drug-likeness (QED) is 0.842. The van der Waals surface area contributed by atoms with Gasteiger partial charge in [-0.25, -0.2) is 13.1 Å². The first-order valence-electron chi connectivity index (χ1n) is 6.49. The van der Waals surface area contributed by atoms with Gasteiger partial charge in [-0.2, -0.15) is 0 Å². The van der Waals surface area contributed by atoms with E-state index in [1.165, 1.54) is 30.6 Å². The van der Waals surface area contributed by atoms with Gasteiger partial charge in [-0.05, 0) is 37.3 Å². The van der Waals surface area contributed by atoms with Crippen LogP contribution in [0.3, 0.4) is 0 Å². The fraction of sp³-hybridized carbons (Fsp3) is 0.818. The summed E-state index contributed by atoms with van der Waals surface area (Å²) in [5, 5.41) is 6.05. The second-order valence-electron chi connectivity index (χ2n) is 4.97. The smallest absolute Gasteiger partial charge is 0.208 e. The fourth-order valence-corrected chi connectivity index (χ4v) is 3.40. The summed E-state index contributed by atoms with van der Waals surface area (Å²) in [5.41, 5.74) is 1.01. The van der Waals surface area contributed by atoms with Gasteiger partial charge < -0.3 is 0 Å². The number of likely N-dealkylation sites (tertiary alicyclic amines) is 1. The van der Waals surface area contributed by atoms with Gasteiger partial charge in [0.25, 0.3) is 0 Å². The van der Waals surface area contributed by atoms with Gasteiger partial charge in [0.1, 0.15) is 0 Å². The number of nitrogens with one attached hydrogen (secondary N) is 1. The Hall–Kier alpha value is -0.570. The van der Waals surface area contributed by atoms with Crippen molar-refractivity contribution in [3.8, 4) is 0 Å². The number of rotatable bonds is 6. The van der Waals surface area contributed by atoms with Gasteiger partial charge in [0.05, 0.1) is 11.9 Å². The third-order valence-corrected chi connectivity index (χ3v) is 4.64. The van der Waals surface area contributed by atoms with Crippen LogP contribution in [0.15, 0.2) is 5.38 Å². The zero-order valence-electron chi connectivity index (χ0n) is 11.1. The zero-order chi connectivity index (χ0) is 13.7. The van der Waals surface area contributed by atoms with E-state index in [0.29, 0.717) is 12.6 Å². The molecule has 1 aromatic rings. The Morgan fingerprint density at radius 2 is 2.37 bits per heavy atom. The number of hydrogen-bond donors (Lipinski definition) is 1. The van der Waals surface area contributed by atoms with E-state index in [-0.39, 0.29) is 0 Å². The van der Waals surface area contributed by atoms with Gasteiger partial charge in [0, 0.05) is 24.5 Å². The number of piperidine rings is 1. The van der Waals surface area contributed by atoms with Crippen molar-refractivity contribution in [3.05, 3.63) is 11.1 Å². The van der Waals surface area contributed by atoms with E-state index >= 15 is 0 Å². The molecule has 8 heteroatoms. The molecule has 0 aromatic carbocycles. The van der Waals surface area contributed by atoms with Crippen LogP contribution < -0.4 is 4.72 Å². The van der Waals surface area contributed by atoms with E-state index in [2.05, 4.69) is 19.2 Å². The number of nitrogens with zero attached hydrogens (tertiary/aromatic N) is 3. The SMILES string of the molecule is CS(=O)(=O)NCCC1CCCCN1Cc1csnn1. The minimum Gasteiger partial charge on any atom is -0.294 e. The fourth-order valence-electron chi connectivity index (χ4n) is 2.47. The molecule has 0 saturated carbocycles. The summed E-state index contributed by atoms with van der Waals surface area (Å²) in [5.74, 6) is 0. The Labute approximate surface area is 118 Å². The maximum atomic E-state index is 11.1. The van der Waals surface area contributed by atoms with Gasteiger partial charge in [-0.1, -0.05) is 10.9 Å². The van der Waals surface area contributed by atoms with Crippen molar-refractivity contribution in [2.45, 2.75) is 38.3 Å². The van der Waals surface area contributed by atoms with Crippen molar-refractivity contribution in [1.82, 2.24) is 19.2 Å². The van der Waals surface area contributed by atoms with Crippen LogP contribution in [0.25, 0.3) is 0 Å². The van der Waals surface area contributed by atoms with Crippen LogP contribution in [0.1, 0.15) is 31.4 Å². The van der Waals surface area contributed by atoms with Crippen LogP contribution in [0.4, 0.5) is 0 Å². The third-order valence-electron chi connectivity index (χ3n) is 3.36. The lowest BCUT2D eigenvalue weighted by Gasteiger charge is -2.35. The van der Waals surface area contributed by atoms with Crippen molar-refractivity contribution in [3.63, 3.8) is 0 Å². The first-order valence-corrected chi connectivity index (χ1v) is 9.22. The minimum atomic E-state index is -3.08. The molecule has 1 unspecified atom stereocenters. The van der Waals surface area contributed by atoms with Crippen molar-refractivity contribution < 1.29 is 8.42 Å². The monoisotopic (exact) mass is 304 g/mol. The maximum absolute atomic E-state index is 11.1. The standard InChI is InChI=1S/C11H20N4O2S2/c1-19(16,17)12-6-5-11-4-2-3-7-15(11)8-10-9-18-14-13-10/h9,11-12H,2-8H2,1H3. The van der Waals surface area contributed by atoms with Gasteiger partial charge in [-0.3, -0.25) is 4.90 Å². The van der Waals surface area contributed by atoms with Crippen LogP contribution in [0.2, 0.25) is 0 Å². The highest BCUT2D eigenvalue weighted by Gasteiger charge is 2.23. The maximum Gasteiger partial charge on any atom is 0.208 e. The van der Waals surface area contributed by atoms with Crippen molar-refractivity contribution >= 4 is 21.6 Å². The molecule has 2 heterocycles. The Bertz CT molecular complexity index is 475. The normalized spacial score (nSPS) is 21.6. The molecule has 1 atom stereocenters. The van der Waals surface area contributed by atoms with Gasteiger partial charge in [-0.15, -0.1) is 5.10 Å². The Kier molecular flexibility index (Phi) is 5.26. The van der Waals surface area contributed by atoms with Crippen LogP contribution in [-0.2, 0) is 16.6 Å². The molecule has 6 nitrogen and oxygen atoms in total. The molecule has 1 aliphatic heterocycles. The summed E-state index contributed by atoms with van der Waals surface area (Å²) in [7, 11) is -3.08. The Balaban J connectivity index is 1.85. The summed E-state index contributed by atoms with van der Waals surface area (Å²) >= 11 is 1.37. The molecule has 1 fully saturated rings. The highest BCUT2D eigenvalue weighted by atomic mass is 32.2. The van der Waals surface area contributed by atoms with Gasteiger partial charge in [0.2, 0.25) is 10.0 Å². The second-order valence-corrected chi connectivity index (χ2v) is 7.41. The zero-order valence-corrected chi connectivity index (χ0v) is 12.7. The number of aromatic nitrogens is 2. The highest BCUT2D eigenvalue weighted by molar-refractivity contribution is 7.88.